The fraction of sp³-hybridized carbons (Fsp3) is 0.923. The van der Waals surface area contributed by atoms with E-state index in [9.17, 15) is 4.79 Å². The quantitative estimate of drug-likeness (QED) is 0.716. The van der Waals surface area contributed by atoms with Crippen LogP contribution >= 0.6 is 0 Å². The van der Waals surface area contributed by atoms with Gasteiger partial charge in [-0.2, -0.15) is 0 Å². The van der Waals surface area contributed by atoms with E-state index in [-0.39, 0.29) is 6.54 Å². The van der Waals surface area contributed by atoms with E-state index in [0.29, 0.717) is 12.1 Å². The molecule has 0 spiro atoms. The van der Waals surface area contributed by atoms with Crippen LogP contribution in [0.1, 0.15) is 20.3 Å². The summed E-state index contributed by atoms with van der Waals surface area (Å²) in [5.41, 5.74) is 0. The molecular weight excluding hydrogens is 230 g/mol. The molecule has 1 N–H and O–H groups in total. The van der Waals surface area contributed by atoms with Crippen LogP contribution in [0.4, 0.5) is 0 Å². The van der Waals surface area contributed by atoms with E-state index < -0.39 is 5.97 Å². The van der Waals surface area contributed by atoms with Crippen LogP contribution in [-0.4, -0.2) is 84.7 Å². The summed E-state index contributed by atoms with van der Waals surface area (Å²) < 4.78 is 0. The zero-order valence-corrected chi connectivity index (χ0v) is 12.1. The summed E-state index contributed by atoms with van der Waals surface area (Å²) in [4.78, 5) is 17.6. The van der Waals surface area contributed by atoms with Gasteiger partial charge < -0.3 is 10.0 Å². The molecule has 106 valence electrons. The van der Waals surface area contributed by atoms with Crippen molar-refractivity contribution in [3.8, 4) is 0 Å². The Morgan fingerprint density at radius 2 is 2.06 bits per heavy atom. The lowest BCUT2D eigenvalue weighted by Crippen LogP contribution is -2.44. The predicted molar refractivity (Wildman–Crippen MR) is 72.9 cm³/mol. The van der Waals surface area contributed by atoms with Crippen molar-refractivity contribution in [1.29, 1.82) is 0 Å². The van der Waals surface area contributed by atoms with Crippen molar-refractivity contribution >= 4 is 5.97 Å². The third-order valence-corrected chi connectivity index (χ3v) is 3.61. The van der Waals surface area contributed by atoms with Crippen LogP contribution in [0.15, 0.2) is 0 Å². The lowest BCUT2D eigenvalue weighted by molar-refractivity contribution is -0.138. The van der Waals surface area contributed by atoms with Gasteiger partial charge in [-0.15, -0.1) is 0 Å². The summed E-state index contributed by atoms with van der Waals surface area (Å²) in [5.74, 6) is -0.725. The monoisotopic (exact) mass is 257 g/mol. The standard InChI is InChI=1S/C13H27N3O2/c1-11(2)15-6-5-12(9-15)16(10-13(17)18)8-7-14(3)4/h11-12H,5-10H2,1-4H3,(H,17,18). The molecule has 1 aliphatic heterocycles. The van der Waals surface area contributed by atoms with E-state index in [4.69, 9.17) is 5.11 Å². The molecule has 0 aromatic heterocycles. The maximum atomic E-state index is 11.0. The van der Waals surface area contributed by atoms with Gasteiger partial charge in [0.1, 0.15) is 0 Å². The molecule has 1 aliphatic rings. The summed E-state index contributed by atoms with van der Waals surface area (Å²) >= 11 is 0. The number of nitrogens with zero attached hydrogens (tertiary/aromatic N) is 3. The second kappa shape index (κ2) is 7.07. The molecule has 0 amide bonds. The van der Waals surface area contributed by atoms with Crippen molar-refractivity contribution in [1.82, 2.24) is 14.7 Å². The van der Waals surface area contributed by atoms with Crippen molar-refractivity contribution in [2.24, 2.45) is 0 Å². The zero-order chi connectivity index (χ0) is 13.7. The summed E-state index contributed by atoms with van der Waals surface area (Å²) in [5, 5.41) is 9.02. The van der Waals surface area contributed by atoms with Crippen molar-refractivity contribution < 1.29 is 9.90 Å². The number of likely N-dealkylation sites (tertiary alicyclic amines) is 1. The van der Waals surface area contributed by atoms with Crippen LogP contribution < -0.4 is 0 Å². The van der Waals surface area contributed by atoms with Gasteiger partial charge in [-0.05, 0) is 34.4 Å². The maximum Gasteiger partial charge on any atom is 0.317 e. The van der Waals surface area contributed by atoms with Crippen molar-refractivity contribution in [3.63, 3.8) is 0 Å². The van der Waals surface area contributed by atoms with E-state index in [1.54, 1.807) is 0 Å². The highest BCUT2D eigenvalue weighted by molar-refractivity contribution is 5.69. The zero-order valence-electron chi connectivity index (χ0n) is 12.1. The Bertz CT molecular complexity index is 269. The third-order valence-electron chi connectivity index (χ3n) is 3.61. The molecule has 0 saturated carbocycles. The molecule has 5 heteroatoms. The van der Waals surface area contributed by atoms with Crippen LogP contribution in [0.3, 0.4) is 0 Å². The molecule has 1 heterocycles. The Labute approximate surface area is 110 Å². The van der Waals surface area contributed by atoms with E-state index >= 15 is 0 Å². The second-order valence-corrected chi connectivity index (χ2v) is 5.70. The average molecular weight is 257 g/mol. The molecule has 1 atom stereocenters. The third kappa shape index (κ3) is 4.92. The smallest absolute Gasteiger partial charge is 0.317 e. The summed E-state index contributed by atoms with van der Waals surface area (Å²) in [7, 11) is 4.04. The highest BCUT2D eigenvalue weighted by Crippen LogP contribution is 2.17. The van der Waals surface area contributed by atoms with Gasteiger partial charge in [-0.25, -0.2) is 0 Å². The van der Waals surface area contributed by atoms with E-state index in [1.807, 2.05) is 14.1 Å². The lowest BCUT2D eigenvalue weighted by atomic mass is 10.2. The molecule has 0 aromatic carbocycles. The Balaban J connectivity index is 2.52. The van der Waals surface area contributed by atoms with Crippen molar-refractivity contribution in [2.75, 3.05) is 46.8 Å². The van der Waals surface area contributed by atoms with E-state index in [0.717, 1.165) is 32.6 Å². The van der Waals surface area contributed by atoms with Crippen LogP contribution in [-0.2, 0) is 4.79 Å². The number of carboxylic acids is 1. The molecular formula is C13H27N3O2. The number of rotatable bonds is 7. The minimum Gasteiger partial charge on any atom is -0.480 e. The topological polar surface area (TPSA) is 47.0 Å². The lowest BCUT2D eigenvalue weighted by Gasteiger charge is -2.29. The van der Waals surface area contributed by atoms with Gasteiger partial charge in [-0.3, -0.25) is 14.6 Å². The minimum atomic E-state index is -0.725. The predicted octanol–water partition coefficient (Wildman–Crippen LogP) is 0.417. The first-order valence-corrected chi connectivity index (χ1v) is 6.74. The van der Waals surface area contributed by atoms with Gasteiger partial charge >= 0.3 is 5.97 Å². The van der Waals surface area contributed by atoms with Crippen LogP contribution in [0.5, 0.6) is 0 Å². The molecule has 1 rings (SSSR count). The van der Waals surface area contributed by atoms with Crippen LogP contribution in [0, 0.1) is 0 Å². The first-order valence-electron chi connectivity index (χ1n) is 6.74. The molecule has 5 nitrogen and oxygen atoms in total. The number of carbonyl (C=O) groups is 1. The molecule has 18 heavy (non-hydrogen) atoms. The molecule has 0 bridgehead atoms. The summed E-state index contributed by atoms with van der Waals surface area (Å²) in [6.45, 7) is 8.37. The van der Waals surface area contributed by atoms with Gasteiger partial charge in [0.25, 0.3) is 0 Å². The average Bonchev–Trinajstić information content (AvgIpc) is 2.72. The normalized spacial score (nSPS) is 21.4. The Morgan fingerprint density at radius 1 is 1.39 bits per heavy atom. The van der Waals surface area contributed by atoms with E-state index in [1.165, 1.54) is 0 Å². The maximum absolute atomic E-state index is 11.0. The largest absolute Gasteiger partial charge is 0.480 e. The Hall–Kier alpha value is -0.650. The fourth-order valence-electron chi connectivity index (χ4n) is 2.43. The highest BCUT2D eigenvalue weighted by Gasteiger charge is 2.29. The van der Waals surface area contributed by atoms with Gasteiger partial charge in [-0.1, -0.05) is 0 Å². The fourth-order valence-corrected chi connectivity index (χ4v) is 2.43. The van der Waals surface area contributed by atoms with E-state index in [2.05, 4.69) is 28.5 Å². The van der Waals surface area contributed by atoms with Crippen molar-refractivity contribution in [2.45, 2.75) is 32.4 Å². The summed E-state index contributed by atoms with van der Waals surface area (Å²) in [6, 6.07) is 0.943. The minimum absolute atomic E-state index is 0.157. The van der Waals surface area contributed by atoms with Crippen LogP contribution in [0.25, 0.3) is 0 Å². The molecule has 0 radical (unpaired) electrons. The first-order chi connectivity index (χ1) is 8.40. The van der Waals surface area contributed by atoms with Gasteiger partial charge in [0, 0.05) is 38.3 Å². The van der Waals surface area contributed by atoms with Crippen molar-refractivity contribution in [3.05, 3.63) is 0 Å². The number of hydrogen-bond donors (Lipinski definition) is 1. The SMILES string of the molecule is CC(C)N1CCC(N(CCN(C)C)CC(=O)O)C1. The summed E-state index contributed by atoms with van der Waals surface area (Å²) in [6.07, 6.45) is 1.08. The molecule has 0 aliphatic carbocycles. The molecule has 0 aromatic rings. The Kier molecular flexibility index (Phi) is 6.05. The molecule has 1 unspecified atom stereocenters. The number of aliphatic carboxylic acids is 1. The highest BCUT2D eigenvalue weighted by atomic mass is 16.4. The number of carboxylic acid groups (broad SMARTS) is 1. The van der Waals surface area contributed by atoms with Gasteiger partial charge in [0.2, 0.25) is 0 Å². The Morgan fingerprint density at radius 3 is 2.50 bits per heavy atom. The second-order valence-electron chi connectivity index (χ2n) is 5.70. The first kappa shape index (κ1) is 15.4. The number of likely N-dealkylation sites (N-methyl/N-ethyl adjacent to an activating group) is 1. The van der Waals surface area contributed by atoms with Gasteiger partial charge in [0.15, 0.2) is 0 Å². The number of hydrogen-bond acceptors (Lipinski definition) is 4. The van der Waals surface area contributed by atoms with Crippen LogP contribution in [0.2, 0.25) is 0 Å². The molecule has 1 fully saturated rings. The van der Waals surface area contributed by atoms with Gasteiger partial charge in [0.05, 0.1) is 6.54 Å². The molecule has 1 saturated heterocycles.